The van der Waals surface area contributed by atoms with Crippen LogP contribution in [0.4, 0.5) is 34.1 Å². The first-order valence-corrected chi connectivity index (χ1v) is 40.5. The Morgan fingerprint density at radius 3 is 1.11 bits per heavy atom. The zero-order chi connectivity index (χ0) is 95.2. The minimum Gasteiger partial charge on any atom is -0.336 e. The van der Waals surface area contributed by atoms with E-state index in [-0.39, 0.29) is 57.8 Å². The SMILES string of the molecule is [2H]c1c([2H])c(N(c2ccc3c(c2)C(C)(C)c2ccccc2-3)c2ccccc2-c2ccccc2)c([2H])c([2H])c1-c1ccc2c(c1)c1ccccc1n2Cc1cccc(-c2ccccc2)c1.[2H]c1c([2H])c([2H])c(-c2c([2H])c([2H])c([2H])c([2H])c2N(c2ccc3c(c2)C(C)(C)c2ccccc2-3)c2c([2H])c([2H])c(-c3ccc4c(c3)c3ccccc3n4Cc3cccc(-c4ccccc4)c3)c([2H])c2[2H])c([2H])c1[2H]. The molecule has 0 unspecified atom stereocenters. The summed E-state index contributed by atoms with van der Waals surface area (Å²) in [5.41, 5.74) is 21.7. The summed E-state index contributed by atoms with van der Waals surface area (Å²) in [4.78, 5) is 3.18. The lowest BCUT2D eigenvalue weighted by molar-refractivity contribution is 0.660. The van der Waals surface area contributed by atoms with E-state index in [2.05, 4.69) is 187 Å². The Labute approximate surface area is 726 Å². The Bertz CT molecular complexity index is 8310. The molecule has 20 aromatic rings. The summed E-state index contributed by atoms with van der Waals surface area (Å²) in [7, 11) is 0. The van der Waals surface area contributed by atoms with Crippen molar-refractivity contribution in [1.29, 1.82) is 0 Å². The van der Waals surface area contributed by atoms with E-state index < -0.39 is 101 Å². The van der Waals surface area contributed by atoms with Crippen LogP contribution in [0.1, 0.15) is 84.4 Å². The van der Waals surface area contributed by atoms with Gasteiger partial charge in [-0.05, 0) is 220 Å². The van der Waals surface area contributed by atoms with Crippen molar-refractivity contribution in [2.75, 3.05) is 9.80 Å². The van der Waals surface area contributed by atoms with Crippen molar-refractivity contribution in [3.63, 3.8) is 0 Å². The summed E-state index contributed by atoms with van der Waals surface area (Å²) in [5, 5.41) is 3.82. The molecule has 0 radical (unpaired) electrons. The van der Waals surface area contributed by atoms with Crippen molar-refractivity contribution in [2.45, 2.75) is 51.6 Å². The van der Waals surface area contributed by atoms with Crippen LogP contribution in [0, 0.1) is 0 Å². The zero-order valence-corrected chi connectivity index (χ0v) is 66.5. The molecule has 0 spiro atoms. The van der Waals surface area contributed by atoms with Gasteiger partial charge in [-0.1, -0.05) is 355 Å². The summed E-state index contributed by atoms with van der Waals surface area (Å²) in [6, 6.07) is 103. The van der Waals surface area contributed by atoms with E-state index in [1.54, 1.807) is 18.2 Å². The van der Waals surface area contributed by atoms with Crippen LogP contribution in [0.15, 0.2) is 436 Å². The van der Waals surface area contributed by atoms with Gasteiger partial charge in [-0.15, -0.1) is 0 Å². The number of fused-ring (bicyclic) bond motifs is 12. The number of rotatable bonds is 16. The van der Waals surface area contributed by atoms with Crippen LogP contribution in [-0.4, -0.2) is 9.13 Å². The maximum atomic E-state index is 9.88. The van der Waals surface area contributed by atoms with Crippen LogP contribution in [0.2, 0.25) is 0 Å². The average Bonchev–Trinajstić information content (AvgIpc) is 1.72. The minimum absolute atomic E-state index is 0.000614. The van der Waals surface area contributed by atoms with Crippen LogP contribution in [0.5, 0.6) is 0 Å². The standard InChI is InChI=1S/2C58H44N2/c2*1-58(2)53-25-12-9-23-49(53)50-34-33-47(38-54(50)58)60(57-27-14-10-22-48(57)43-19-7-4-8-20-43)46-31-28-42(29-32-46)45-30-35-56-52(37-45)51-24-11-13-26-55(51)59(56)39-40-16-15-21-44(36-40)41-17-5-3-6-18-41/h2*3-38H,39H2,1-2H3/i4D,7D,8D,10D,14D,19D,20D,22D,27D,28D,29D,31D,32D;28D,29D,31D,32D. The van der Waals surface area contributed by atoms with Gasteiger partial charge in [0.05, 0.1) is 34.7 Å². The largest absolute Gasteiger partial charge is 0.336 e. The van der Waals surface area contributed by atoms with Gasteiger partial charge in [0.1, 0.15) is 0 Å². The molecule has 0 fully saturated rings. The van der Waals surface area contributed by atoms with Crippen molar-refractivity contribution in [1.82, 2.24) is 9.13 Å². The fourth-order valence-corrected chi connectivity index (χ4v) is 18.2. The third kappa shape index (κ3) is 13.1. The van der Waals surface area contributed by atoms with Gasteiger partial charge < -0.3 is 18.9 Å². The summed E-state index contributed by atoms with van der Waals surface area (Å²) in [5.74, 6) is 0. The van der Waals surface area contributed by atoms with Gasteiger partial charge in [-0.2, -0.15) is 0 Å². The summed E-state index contributed by atoms with van der Waals surface area (Å²) >= 11 is 0. The Balaban J connectivity index is 0.000000165. The summed E-state index contributed by atoms with van der Waals surface area (Å²) < 4.78 is 163. The molecule has 0 amide bonds. The maximum Gasteiger partial charge on any atom is 0.0645 e. The highest BCUT2D eigenvalue weighted by Crippen LogP contribution is 2.54. The highest BCUT2D eigenvalue weighted by atomic mass is 15.2. The monoisotopic (exact) mass is 1550 g/mol. The molecule has 0 atom stereocenters. The van der Waals surface area contributed by atoms with Crippen LogP contribution in [0.25, 0.3) is 133 Å². The smallest absolute Gasteiger partial charge is 0.0645 e. The molecule has 4 heteroatoms. The van der Waals surface area contributed by atoms with Crippen LogP contribution in [0.3, 0.4) is 0 Å². The predicted molar refractivity (Wildman–Crippen MR) is 507 cm³/mol. The Morgan fingerprint density at radius 1 is 0.225 bits per heavy atom. The fraction of sp³-hybridized carbons (Fsp3) is 0.0690. The first-order chi connectivity index (χ1) is 66.1. The van der Waals surface area contributed by atoms with Crippen molar-refractivity contribution >= 4 is 77.7 Å². The van der Waals surface area contributed by atoms with Gasteiger partial charge in [-0.3, -0.25) is 0 Å². The van der Waals surface area contributed by atoms with Gasteiger partial charge >= 0.3 is 0 Å². The molecule has 2 heterocycles. The second-order valence-electron chi connectivity index (χ2n) is 31.8. The van der Waals surface area contributed by atoms with Gasteiger partial charge in [0.15, 0.2) is 0 Å². The topological polar surface area (TPSA) is 16.3 Å². The molecule has 572 valence electrons. The maximum absolute atomic E-state index is 9.88. The van der Waals surface area contributed by atoms with Gasteiger partial charge in [0.25, 0.3) is 0 Å². The first-order valence-electron chi connectivity index (χ1n) is 49.0. The molecule has 0 N–H and O–H groups in total. The third-order valence-electron chi connectivity index (χ3n) is 24.1. The lowest BCUT2D eigenvalue weighted by Crippen LogP contribution is -2.16. The van der Waals surface area contributed by atoms with Crippen molar-refractivity contribution in [3.8, 4) is 89.0 Å². The van der Waals surface area contributed by atoms with E-state index in [1.165, 1.54) is 32.7 Å². The second-order valence-corrected chi connectivity index (χ2v) is 31.8. The molecule has 2 aliphatic rings. The van der Waals surface area contributed by atoms with E-state index in [0.717, 1.165) is 116 Å². The van der Waals surface area contributed by atoms with Gasteiger partial charge in [0.2, 0.25) is 0 Å². The van der Waals surface area contributed by atoms with Crippen LogP contribution >= 0.6 is 0 Å². The average molecular weight is 1560 g/mol. The molecule has 4 nitrogen and oxygen atoms in total. The molecular formula is C116H88N4. The molecule has 0 bridgehead atoms. The van der Waals surface area contributed by atoms with E-state index >= 15 is 0 Å². The summed E-state index contributed by atoms with van der Waals surface area (Å²) in [6.45, 7) is 9.77. The predicted octanol–water partition coefficient (Wildman–Crippen LogP) is 31.2. The minimum atomic E-state index is -0.742. The third-order valence-corrected chi connectivity index (χ3v) is 24.1. The fourth-order valence-electron chi connectivity index (χ4n) is 18.2. The highest BCUT2D eigenvalue weighted by molar-refractivity contribution is 6.11. The number of para-hydroxylation sites is 4. The molecule has 0 aliphatic heterocycles. The lowest BCUT2D eigenvalue weighted by atomic mass is 9.82. The molecule has 2 aliphatic carbocycles. The van der Waals surface area contributed by atoms with E-state index in [1.807, 2.05) is 170 Å². The number of aromatic nitrogens is 2. The first kappa shape index (κ1) is 56.5. The van der Waals surface area contributed by atoms with E-state index in [4.69, 9.17) is 9.60 Å². The molecule has 0 saturated heterocycles. The second kappa shape index (κ2) is 30.3. The lowest BCUT2D eigenvalue weighted by Gasteiger charge is -2.30. The molecule has 22 rings (SSSR count). The molecular weight excluding hydrogens is 1450 g/mol. The van der Waals surface area contributed by atoms with Crippen LogP contribution in [-0.2, 0) is 23.9 Å². The van der Waals surface area contributed by atoms with E-state index in [0.29, 0.717) is 24.2 Å². The van der Waals surface area contributed by atoms with Crippen molar-refractivity contribution in [3.05, 3.63) is 470 Å². The number of hydrogen-bond donors (Lipinski definition) is 0. The van der Waals surface area contributed by atoms with Crippen molar-refractivity contribution in [2.24, 2.45) is 0 Å². The van der Waals surface area contributed by atoms with Gasteiger partial charge in [-0.25, -0.2) is 0 Å². The zero-order valence-electron chi connectivity index (χ0n) is 83.5. The van der Waals surface area contributed by atoms with Gasteiger partial charge in [0, 0.05) is 101 Å². The highest BCUT2D eigenvalue weighted by Gasteiger charge is 2.38. The number of nitrogens with zero attached hydrogens (tertiary/aromatic N) is 4. The summed E-state index contributed by atoms with van der Waals surface area (Å²) in [6.07, 6.45) is 0. The molecule has 120 heavy (non-hydrogen) atoms. The Kier molecular flexibility index (Phi) is 14.3. The molecule has 18 aromatic carbocycles. The quantitative estimate of drug-likeness (QED) is 0.0959. The van der Waals surface area contributed by atoms with E-state index in [9.17, 15) is 13.7 Å². The number of benzene rings is 18. The normalized spacial score (nSPS) is 14.7. The number of anilines is 6. The Morgan fingerprint density at radius 2 is 0.608 bits per heavy atom. The Hall–Kier alpha value is -14.8. The van der Waals surface area contributed by atoms with Crippen LogP contribution < -0.4 is 9.80 Å². The molecule has 2 aromatic heterocycles. The van der Waals surface area contributed by atoms with Crippen molar-refractivity contribution < 1.29 is 23.3 Å². The number of hydrogen-bond acceptors (Lipinski definition) is 2. The molecule has 0 saturated carbocycles.